The van der Waals surface area contributed by atoms with E-state index in [0.717, 1.165) is 22.8 Å². The molecule has 0 fully saturated rings. The van der Waals surface area contributed by atoms with Gasteiger partial charge in [-0.3, -0.25) is 0 Å². The highest BCUT2D eigenvalue weighted by Crippen LogP contribution is 2.33. The van der Waals surface area contributed by atoms with Crippen LogP contribution < -0.4 is 5.73 Å². The van der Waals surface area contributed by atoms with Gasteiger partial charge in [-0.25, -0.2) is 0 Å². The Labute approximate surface area is 91.3 Å². The van der Waals surface area contributed by atoms with Gasteiger partial charge < -0.3 is 10.8 Å². The number of aromatic hydroxyl groups is 1. The fourth-order valence-electron chi connectivity index (χ4n) is 1.85. The fourth-order valence-corrected chi connectivity index (χ4v) is 2.34. The average molecular weight is 289 g/mol. The minimum Gasteiger partial charge on any atom is -0.507 e. The number of benzene rings is 1. The Hall–Kier alpha value is -0.290. The molecule has 0 saturated heterocycles. The molecule has 2 nitrogen and oxygen atoms in total. The second-order valence-corrected chi connectivity index (χ2v) is 4.66. The maximum Gasteiger partial charge on any atom is 0.129 e. The Morgan fingerprint density at radius 1 is 1.46 bits per heavy atom. The number of phenolic OH excluding ortho intramolecular Hbond substituents is 1. The molecule has 0 heterocycles. The van der Waals surface area contributed by atoms with E-state index in [-0.39, 0.29) is 6.04 Å². The number of aryl methyl sites for hydroxylation is 1. The number of fused-ring (bicyclic) bond motifs is 1. The molecule has 13 heavy (non-hydrogen) atoms. The van der Waals surface area contributed by atoms with Crippen LogP contribution >= 0.6 is 22.6 Å². The van der Waals surface area contributed by atoms with Crippen LogP contribution in [0, 0.1) is 3.57 Å². The number of hydrogen-bond acceptors (Lipinski definition) is 2. The summed E-state index contributed by atoms with van der Waals surface area (Å²) in [6.45, 7) is 0. The Kier molecular flexibility index (Phi) is 2.47. The summed E-state index contributed by atoms with van der Waals surface area (Å²) < 4.78 is 0.897. The molecule has 0 spiro atoms. The molecule has 0 unspecified atom stereocenters. The van der Waals surface area contributed by atoms with Gasteiger partial charge >= 0.3 is 0 Å². The molecule has 0 saturated carbocycles. The van der Waals surface area contributed by atoms with E-state index >= 15 is 0 Å². The SMILES string of the molecule is N[C@@H]1CCCc2cc(O)c(I)cc21. The molecule has 3 N–H and O–H groups in total. The molecule has 1 atom stereocenters. The van der Waals surface area contributed by atoms with Gasteiger partial charge in [0, 0.05) is 6.04 Å². The van der Waals surface area contributed by atoms with Gasteiger partial charge in [-0.2, -0.15) is 0 Å². The molecule has 1 aromatic rings. The lowest BCUT2D eigenvalue weighted by atomic mass is 9.88. The first-order chi connectivity index (χ1) is 6.18. The zero-order valence-corrected chi connectivity index (χ0v) is 9.41. The van der Waals surface area contributed by atoms with Gasteiger partial charge in [0.05, 0.1) is 3.57 Å². The second kappa shape index (κ2) is 3.46. The predicted octanol–water partition coefficient (Wildman–Crippen LogP) is 2.33. The number of halogens is 1. The third-order valence-electron chi connectivity index (χ3n) is 2.57. The second-order valence-electron chi connectivity index (χ2n) is 3.50. The van der Waals surface area contributed by atoms with E-state index in [2.05, 4.69) is 22.6 Å². The molecular formula is C10H12INO. The summed E-state index contributed by atoms with van der Waals surface area (Å²) in [5.74, 6) is 0.383. The summed E-state index contributed by atoms with van der Waals surface area (Å²) in [5.41, 5.74) is 8.42. The number of hydrogen-bond donors (Lipinski definition) is 2. The van der Waals surface area contributed by atoms with Gasteiger partial charge in [0.25, 0.3) is 0 Å². The van der Waals surface area contributed by atoms with E-state index in [1.54, 1.807) is 0 Å². The molecule has 70 valence electrons. The smallest absolute Gasteiger partial charge is 0.129 e. The van der Waals surface area contributed by atoms with Gasteiger partial charge in [0.15, 0.2) is 0 Å². The van der Waals surface area contributed by atoms with Crippen LogP contribution in [-0.2, 0) is 6.42 Å². The Morgan fingerprint density at radius 2 is 2.23 bits per heavy atom. The average Bonchev–Trinajstić information content (AvgIpc) is 2.09. The van der Waals surface area contributed by atoms with Crippen molar-refractivity contribution < 1.29 is 5.11 Å². The van der Waals surface area contributed by atoms with Gasteiger partial charge in [-0.15, -0.1) is 0 Å². The molecule has 0 aromatic heterocycles. The summed E-state index contributed by atoms with van der Waals surface area (Å²) in [7, 11) is 0. The molecule has 1 aromatic carbocycles. The number of rotatable bonds is 0. The Morgan fingerprint density at radius 3 is 3.00 bits per heavy atom. The lowest BCUT2D eigenvalue weighted by Gasteiger charge is -2.22. The molecule has 1 aliphatic rings. The van der Waals surface area contributed by atoms with Crippen molar-refractivity contribution in [3.63, 3.8) is 0 Å². The molecule has 0 radical (unpaired) electrons. The van der Waals surface area contributed by atoms with E-state index in [4.69, 9.17) is 5.73 Å². The van der Waals surface area contributed by atoms with Crippen molar-refractivity contribution >= 4 is 22.6 Å². The van der Waals surface area contributed by atoms with Gasteiger partial charge in [0.1, 0.15) is 5.75 Å². The third-order valence-corrected chi connectivity index (χ3v) is 3.43. The van der Waals surface area contributed by atoms with Gasteiger partial charge in [-0.05, 0) is 65.1 Å². The summed E-state index contributed by atoms with van der Waals surface area (Å²) >= 11 is 2.13. The maximum absolute atomic E-state index is 9.51. The highest BCUT2D eigenvalue weighted by atomic mass is 127. The summed E-state index contributed by atoms with van der Waals surface area (Å²) in [6.07, 6.45) is 3.25. The van der Waals surface area contributed by atoms with Gasteiger partial charge in [-0.1, -0.05) is 0 Å². The Balaban J connectivity index is 2.52. The summed E-state index contributed by atoms with van der Waals surface area (Å²) in [5, 5.41) is 9.51. The molecule has 2 rings (SSSR count). The maximum atomic E-state index is 9.51. The van der Waals surface area contributed by atoms with Crippen LogP contribution in [0.25, 0.3) is 0 Å². The fraction of sp³-hybridized carbons (Fsp3) is 0.400. The highest BCUT2D eigenvalue weighted by Gasteiger charge is 2.18. The molecule has 1 aliphatic carbocycles. The molecular weight excluding hydrogens is 277 g/mol. The van der Waals surface area contributed by atoms with Crippen LogP contribution in [0.5, 0.6) is 5.75 Å². The van der Waals surface area contributed by atoms with E-state index in [1.165, 1.54) is 11.1 Å². The number of phenols is 1. The minimum atomic E-state index is 0.165. The lowest BCUT2D eigenvalue weighted by molar-refractivity contribution is 0.467. The minimum absolute atomic E-state index is 0.165. The quantitative estimate of drug-likeness (QED) is 0.720. The van der Waals surface area contributed by atoms with E-state index < -0.39 is 0 Å². The molecule has 0 aliphatic heterocycles. The monoisotopic (exact) mass is 289 g/mol. The van der Waals surface area contributed by atoms with Crippen molar-refractivity contribution in [2.75, 3.05) is 0 Å². The predicted molar refractivity (Wildman–Crippen MR) is 60.7 cm³/mol. The first-order valence-corrected chi connectivity index (χ1v) is 5.53. The van der Waals surface area contributed by atoms with Crippen molar-refractivity contribution in [3.05, 3.63) is 26.8 Å². The highest BCUT2D eigenvalue weighted by molar-refractivity contribution is 14.1. The lowest BCUT2D eigenvalue weighted by Crippen LogP contribution is -2.17. The first-order valence-electron chi connectivity index (χ1n) is 4.45. The van der Waals surface area contributed by atoms with Crippen molar-refractivity contribution in [2.45, 2.75) is 25.3 Å². The summed E-state index contributed by atoms with van der Waals surface area (Å²) in [6, 6.07) is 4.03. The zero-order chi connectivity index (χ0) is 9.42. The van der Waals surface area contributed by atoms with Crippen LogP contribution in [0.4, 0.5) is 0 Å². The topological polar surface area (TPSA) is 46.2 Å². The number of nitrogens with two attached hydrogens (primary N) is 1. The van der Waals surface area contributed by atoms with Crippen LogP contribution in [-0.4, -0.2) is 5.11 Å². The largest absolute Gasteiger partial charge is 0.507 e. The Bertz CT molecular complexity index is 338. The zero-order valence-electron chi connectivity index (χ0n) is 7.26. The first kappa shape index (κ1) is 9.27. The normalized spacial score (nSPS) is 21.2. The van der Waals surface area contributed by atoms with Crippen molar-refractivity contribution in [1.29, 1.82) is 0 Å². The van der Waals surface area contributed by atoms with E-state index in [0.29, 0.717) is 5.75 Å². The van der Waals surface area contributed by atoms with Crippen LogP contribution in [0.2, 0.25) is 0 Å². The van der Waals surface area contributed by atoms with Gasteiger partial charge in [0.2, 0.25) is 0 Å². The molecule has 0 amide bonds. The van der Waals surface area contributed by atoms with Crippen molar-refractivity contribution in [2.24, 2.45) is 5.73 Å². The molecule has 0 bridgehead atoms. The van der Waals surface area contributed by atoms with Crippen LogP contribution in [0.1, 0.15) is 30.0 Å². The molecule has 3 heteroatoms. The van der Waals surface area contributed by atoms with Crippen molar-refractivity contribution in [3.8, 4) is 5.75 Å². The van der Waals surface area contributed by atoms with Crippen LogP contribution in [0.3, 0.4) is 0 Å². The standard InChI is InChI=1S/C10H12INO/c11-8-5-7-6(4-10(8)13)2-1-3-9(7)12/h4-5,9,13H,1-3,12H2/t9-/m1/s1. The van der Waals surface area contributed by atoms with Crippen LogP contribution in [0.15, 0.2) is 12.1 Å². The summed E-state index contributed by atoms with van der Waals surface area (Å²) in [4.78, 5) is 0. The van der Waals surface area contributed by atoms with Crippen molar-refractivity contribution in [1.82, 2.24) is 0 Å². The van der Waals surface area contributed by atoms with E-state index in [1.807, 2.05) is 12.1 Å². The third kappa shape index (κ3) is 1.67. The van der Waals surface area contributed by atoms with E-state index in [9.17, 15) is 5.11 Å².